The number of anilines is 1. The smallest absolute Gasteiger partial charge is 0.291 e. The number of benzene rings is 2. The largest absolute Gasteiger partial charge is 0.459 e. The summed E-state index contributed by atoms with van der Waals surface area (Å²) in [5.41, 5.74) is 1.73. The van der Waals surface area contributed by atoms with Gasteiger partial charge >= 0.3 is 0 Å². The third-order valence-corrected chi connectivity index (χ3v) is 3.73. The molecule has 2 heterocycles. The molecule has 8 heteroatoms. The van der Waals surface area contributed by atoms with Crippen molar-refractivity contribution in [1.82, 2.24) is 4.98 Å². The number of non-ortho nitro benzene ring substituents is 1. The molecule has 4 aromatic rings. The van der Waals surface area contributed by atoms with Gasteiger partial charge in [-0.2, -0.15) is 0 Å². The molecule has 0 fully saturated rings. The van der Waals surface area contributed by atoms with Crippen LogP contribution in [0.5, 0.6) is 0 Å². The van der Waals surface area contributed by atoms with E-state index in [9.17, 15) is 14.9 Å². The van der Waals surface area contributed by atoms with Crippen molar-refractivity contribution in [3.8, 4) is 11.5 Å². The summed E-state index contributed by atoms with van der Waals surface area (Å²) in [6.45, 7) is 0. The average Bonchev–Trinajstić information content (AvgIpc) is 3.31. The Balaban J connectivity index is 1.73. The number of rotatable bonds is 4. The molecule has 8 nitrogen and oxygen atoms in total. The van der Waals surface area contributed by atoms with Crippen molar-refractivity contribution in [3.63, 3.8) is 0 Å². The van der Waals surface area contributed by atoms with Gasteiger partial charge in [0.25, 0.3) is 11.6 Å². The number of hydrogen-bond donors (Lipinski definition) is 1. The molecule has 4 rings (SSSR count). The standard InChI is InChI=1S/C18H11N3O5/c22-17(16-6-3-9-25-16)19-13-5-2-1-4-12(13)18-20-14-10-11(21(23)24)7-8-15(14)26-18/h1-10H,(H,19,22). The Kier molecular flexibility index (Phi) is 3.70. The van der Waals surface area contributed by atoms with E-state index >= 15 is 0 Å². The number of fused-ring (bicyclic) bond motifs is 1. The molecule has 0 aliphatic rings. The molecule has 128 valence electrons. The van der Waals surface area contributed by atoms with Crippen molar-refractivity contribution >= 4 is 28.4 Å². The monoisotopic (exact) mass is 349 g/mol. The number of aromatic nitrogens is 1. The van der Waals surface area contributed by atoms with Crippen molar-refractivity contribution in [2.75, 3.05) is 5.32 Å². The summed E-state index contributed by atoms with van der Waals surface area (Å²) in [5, 5.41) is 13.6. The highest BCUT2D eigenvalue weighted by Crippen LogP contribution is 2.31. The summed E-state index contributed by atoms with van der Waals surface area (Å²) >= 11 is 0. The van der Waals surface area contributed by atoms with Gasteiger partial charge in [-0.05, 0) is 30.3 Å². The Labute approximate surface area is 146 Å². The number of carbonyl (C=O) groups excluding carboxylic acids is 1. The molecule has 0 saturated carbocycles. The Morgan fingerprint density at radius 2 is 1.96 bits per heavy atom. The molecule has 0 saturated heterocycles. The number of nitro benzene ring substituents is 1. The van der Waals surface area contributed by atoms with E-state index in [0.29, 0.717) is 22.4 Å². The van der Waals surface area contributed by atoms with Crippen molar-refractivity contribution in [2.45, 2.75) is 0 Å². The highest BCUT2D eigenvalue weighted by molar-refractivity contribution is 6.04. The number of nitrogens with zero attached hydrogens (tertiary/aromatic N) is 2. The number of amides is 1. The average molecular weight is 349 g/mol. The van der Waals surface area contributed by atoms with Gasteiger partial charge in [0.15, 0.2) is 11.3 Å². The summed E-state index contributed by atoms with van der Waals surface area (Å²) in [6, 6.07) is 14.3. The summed E-state index contributed by atoms with van der Waals surface area (Å²) in [6.07, 6.45) is 1.41. The van der Waals surface area contributed by atoms with Gasteiger partial charge in [-0.15, -0.1) is 0 Å². The van der Waals surface area contributed by atoms with E-state index in [-0.39, 0.29) is 17.3 Å². The maximum absolute atomic E-state index is 12.2. The van der Waals surface area contributed by atoms with Gasteiger partial charge in [-0.25, -0.2) is 4.98 Å². The van der Waals surface area contributed by atoms with Crippen molar-refractivity contribution < 1.29 is 18.6 Å². The molecule has 0 spiro atoms. The molecule has 2 aromatic carbocycles. The molecule has 0 atom stereocenters. The van der Waals surface area contributed by atoms with E-state index in [1.54, 1.807) is 36.4 Å². The van der Waals surface area contributed by atoms with E-state index in [4.69, 9.17) is 8.83 Å². The Bertz CT molecular complexity index is 1120. The molecule has 0 radical (unpaired) electrons. The van der Waals surface area contributed by atoms with Gasteiger partial charge in [-0.3, -0.25) is 14.9 Å². The van der Waals surface area contributed by atoms with E-state index in [1.807, 2.05) is 0 Å². The zero-order chi connectivity index (χ0) is 18.1. The second-order valence-corrected chi connectivity index (χ2v) is 5.41. The van der Waals surface area contributed by atoms with Crippen LogP contribution in [0.1, 0.15) is 10.6 Å². The molecule has 0 unspecified atom stereocenters. The van der Waals surface area contributed by atoms with Crippen LogP contribution in [0.2, 0.25) is 0 Å². The van der Waals surface area contributed by atoms with Crippen LogP contribution < -0.4 is 5.32 Å². The molecule has 1 amide bonds. The molecule has 1 N–H and O–H groups in total. The molecule has 2 aromatic heterocycles. The first kappa shape index (κ1) is 15.6. The SMILES string of the molecule is O=C(Nc1ccccc1-c1nc2cc([N+](=O)[O-])ccc2o1)c1ccco1. The first-order valence-electron chi connectivity index (χ1n) is 7.61. The lowest BCUT2D eigenvalue weighted by Gasteiger charge is -2.07. The predicted molar refractivity (Wildman–Crippen MR) is 92.8 cm³/mol. The topological polar surface area (TPSA) is 111 Å². The summed E-state index contributed by atoms with van der Waals surface area (Å²) < 4.78 is 10.8. The molecule has 26 heavy (non-hydrogen) atoms. The quantitative estimate of drug-likeness (QED) is 0.435. The van der Waals surface area contributed by atoms with Crippen LogP contribution in [0, 0.1) is 10.1 Å². The van der Waals surface area contributed by atoms with Crippen LogP contribution >= 0.6 is 0 Å². The van der Waals surface area contributed by atoms with Gasteiger partial charge in [-0.1, -0.05) is 12.1 Å². The lowest BCUT2D eigenvalue weighted by molar-refractivity contribution is -0.384. The van der Waals surface area contributed by atoms with Crippen molar-refractivity contribution in [3.05, 3.63) is 76.7 Å². The fraction of sp³-hybridized carbons (Fsp3) is 0. The van der Waals surface area contributed by atoms with Crippen LogP contribution in [0.15, 0.2) is 69.7 Å². The Hall–Kier alpha value is -3.94. The number of furan rings is 1. The molecule has 0 aliphatic carbocycles. The maximum Gasteiger partial charge on any atom is 0.291 e. The Morgan fingerprint density at radius 3 is 2.73 bits per heavy atom. The Morgan fingerprint density at radius 1 is 1.12 bits per heavy atom. The van der Waals surface area contributed by atoms with Crippen molar-refractivity contribution in [2.24, 2.45) is 0 Å². The van der Waals surface area contributed by atoms with Crippen molar-refractivity contribution in [1.29, 1.82) is 0 Å². The van der Waals surface area contributed by atoms with Gasteiger partial charge in [0, 0.05) is 12.1 Å². The fourth-order valence-corrected chi connectivity index (χ4v) is 2.51. The minimum absolute atomic E-state index is 0.0724. The van der Waals surface area contributed by atoms with Crippen LogP contribution in [0.3, 0.4) is 0 Å². The lowest BCUT2D eigenvalue weighted by Crippen LogP contribution is -2.11. The first-order chi connectivity index (χ1) is 12.6. The third-order valence-electron chi connectivity index (χ3n) is 3.73. The zero-order valence-corrected chi connectivity index (χ0v) is 13.2. The van der Waals surface area contributed by atoms with Gasteiger partial charge in [0.2, 0.25) is 5.89 Å². The second-order valence-electron chi connectivity index (χ2n) is 5.41. The number of hydrogen-bond acceptors (Lipinski definition) is 6. The maximum atomic E-state index is 12.2. The first-order valence-corrected chi connectivity index (χ1v) is 7.61. The minimum atomic E-state index is -0.495. The predicted octanol–water partition coefficient (Wildman–Crippen LogP) is 4.25. The van der Waals surface area contributed by atoms with Crippen LogP contribution in [0.4, 0.5) is 11.4 Å². The minimum Gasteiger partial charge on any atom is -0.459 e. The van der Waals surface area contributed by atoms with E-state index in [0.717, 1.165) is 0 Å². The van der Waals surface area contributed by atoms with E-state index < -0.39 is 10.8 Å². The summed E-state index contributed by atoms with van der Waals surface area (Å²) in [7, 11) is 0. The number of carbonyl (C=O) groups is 1. The zero-order valence-electron chi connectivity index (χ0n) is 13.2. The normalized spacial score (nSPS) is 10.8. The lowest BCUT2D eigenvalue weighted by atomic mass is 10.1. The summed E-state index contributed by atoms with van der Waals surface area (Å²) in [4.78, 5) is 26.9. The number of nitrogens with one attached hydrogen (secondary N) is 1. The highest BCUT2D eigenvalue weighted by atomic mass is 16.6. The van der Waals surface area contributed by atoms with Crippen LogP contribution in [-0.2, 0) is 0 Å². The molecular formula is C18H11N3O5. The van der Waals surface area contributed by atoms with Gasteiger partial charge in [0.1, 0.15) is 5.52 Å². The molecule has 0 bridgehead atoms. The van der Waals surface area contributed by atoms with Gasteiger partial charge < -0.3 is 14.2 Å². The molecule has 0 aliphatic heterocycles. The van der Waals surface area contributed by atoms with Gasteiger partial charge in [0.05, 0.1) is 22.4 Å². The number of para-hydroxylation sites is 1. The second kappa shape index (κ2) is 6.17. The molecular weight excluding hydrogens is 338 g/mol. The van der Waals surface area contributed by atoms with E-state index in [1.165, 1.54) is 24.5 Å². The number of nitro groups is 1. The van der Waals surface area contributed by atoms with Crippen LogP contribution in [-0.4, -0.2) is 15.8 Å². The highest BCUT2D eigenvalue weighted by Gasteiger charge is 2.17. The summed E-state index contributed by atoms with van der Waals surface area (Å²) in [5.74, 6) is 0.0121. The van der Waals surface area contributed by atoms with Crippen LogP contribution in [0.25, 0.3) is 22.6 Å². The fourth-order valence-electron chi connectivity index (χ4n) is 2.51. The van der Waals surface area contributed by atoms with E-state index in [2.05, 4.69) is 10.3 Å². The third kappa shape index (κ3) is 2.80. The number of oxazole rings is 1.